The van der Waals surface area contributed by atoms with Gasteiger partial charge < -0.3 is 9.26 Å². The first-order valence-electron chi connectivity index (χ1n) is 9.18. The van der Waals surface area contributed by atoms with Crippen molar-refractivity contribution in [3.8, 4) is 5.75 Å². The molecule has 0 bridgehead atoms. The maximum atomic E-state index is 12.3. The van der Waals surface area contributed by atoms with Crippen LogP contribution in [0.2, 0.25) is 0 Å². The molecule has 0 radical (unpaired) electrons. The summed E-state index contributed by atoms with van der Waals surface area (Å²) in [5.74, 6) is 0.149. The summed E-state index contributed by atoms with van der Waals surface area (Å²) in [5, 5.41) is 3.87. The molecule has 0 aliphatic carbocycles. The number of rotatable bonds is 6. The molecule has 2 aromatic rings. The number of ether oxygens (including phenoxy) is 1. The highest BCUT2D eigenvalue weighted by Crippen LogP contribution is 2.21. The van der Waals surface area contributed by atoms with Crippen molar-refractivity contribution in [3.05, 3.63) is 46.8 Å². The first-order valence-corrected chi connectivity index (χ1v) is 11.0. The number of nitrogens with one attached hydrogen (secondary N) is 2. The average molecular weight is 421 g/mol. The highest BCUT2D eigenvalue weighted by Gasteiger charge is 2.29. The SMILES string of the molecule is Cc1noc(C)c1COc1cccc(C(=O)NNC(=O)C[C@@H]2CCS(=O)(=O)C2)c1. The van der Waals surface area contributed by atoms with Crippen molar-refractivity contribution in [1.82, 2.24) is 16.0 Å². The molecule has 156 valence electrons. The minimum atomic E-state index is -3.04. The lowest BCUT2D eigenvalue weighted by Gasteiger charge is -2.11. The van der Waals surface area contributed by atoms with Gasteiger partial charge in [-0.25, -0.2) is 8.42 Å². The van der Waals surface area contributed by atoms with E-state index in [2.05, 4.69) is 16.0 Å². The van der Waals surface area contributed by atoms with Gasteiger partial charge in [0.1, 0.15) is 18.1 Å². The van der Waals surface area contributed by atoms with Crippen LogP contribution in [0.4, 0.5) is 0 Å². The number of aromatic nitrogens is 1. The van der Waals surface area contributed by atoms with Gasteiger partial charge in [-0.05, 0) is 44.4 Å². The second-order valence-electron chi connectivity index (χ2n) is 7.09. The molecular formula is C19H23N3O6S. The summed E-state index contributed by atoms with van der Waals surface area (Å²) in [6.07, 6.45) is 0.522. The summed E-state index contributed by atoms with van der Waals surface area (Å²) < 4.78 is 33.7. The average Bonchev–Trinajstić information content (AvgIpc) is 3.18. The maximum Gasteiger partial charge on any atom is 0.269 e. The Labute approximate surface area is 168 Å². The third kappa shape index (κ3) is 5.57. The molecule has 1 aliphatic heterocycles. The molecule has 1 aliphatic rings. The van der Waals surface area contributed by atoms with Gasteiger partial charge in [-0.1, -0.05) is 11.2 Å². The summed E-state index contributed by atoms with van der Waals surface area (Å²) in [6.45, 7) is 3.88. The molecule has 1 atom stereocenters. The lowest BCUT2D eigenvalue weighted by Crippen LogP contribution is -2.42. The molecule has 9 nitrogen and oxygen atoms in total. The number of hydrazine groups is 1. The van der Waals surface area contributed by atoms with Gasteiger partial charge in [-0.2, -0.15) is 0 Å². The Morgan fingerprint density at radius 2 is 2.07 bits per heavy atom. The summed E-state index contributed by atoms with van der Waals surface area (Å²) in [5.41, 5.74) is 6.57. The number of carbonyl (C=O) groups excluding carboxylic acids is 2. The fraction of sp³-hybridized carbons (Fsp3) is 0.421. The van der Waals surface area contributed by atoms with Crippen molar-refractivity contribution >= 4 is 21.7 Å². The first kappa shape index (κ1) is 20.8. The second kappa shape index (κ2) is 8.64. The Hall–Kier alpha value is -2.88. The number of benzene rings is 1. The topological polar surface area (TPSA) is 128 Å². The first-order chi connectivity index (χ1) is 13.7. The van der Waals surface area contributed by atoms with Crippen LogP contribution in [0.3, 0.4) is 0 Å². The van der Waals surface area contributed by atoms with E-state index < -0.39 is 21.7 Å². The van der Waals surface area contributed by atoms with Crippen LogP contribution in [0.25, 0.3) is 0 Å². The van der Waals surface area contributed by atoms with Crippen LogP contribution in [-0.2, 0) is 21.2 Å². The molecule has 3 rings (SSSR count). The number of nitrogens with zero attached hydrogens (tertiary/aromatic N) is 1. The third-order valence-corrected chi connectivity index (χ3v) is 6.61. The standard InChI is InChI=1S/C19H23N3O6S/c1-12-17(13(2)28-22-12)10-27-16-5-3-4-15(9-16)19(24)21-20-18(23)8-14-6-7-29(25,26)11-14/h3-5,9,14H,6-8,10-11H2,1-2H3,(H,20,23)(H,21,24)/t14-/m0/s1. The summed E-state index contributed by atoms with van der Waals surface area (Å²) in [7, 11) is -3.04. The third-order valence-electron chi connectivity index (χ3n) is 4.78. The highest BCUT2D eigenvalue weighted by molar-refractivity contribution is 7.91. The zero-order valence-electron chi connectivity index (χ0n) is 16.2. The van der Waals surface area contributed by atoms with Crippen LogP contribution in [0, 0.1) is 19.8 Å². The van der Waals surface area contributed by atoms with E-state index in [0.717, 1.165) is 11.3 Å². The molecule has 2 heterocycles. The minimum Gasteiger partial charge on any atom is -0.489 e. The van der Waals surface area contributed by atoms with Crippen LogP contribution in [0.1, 0.15) is 40.2 Å². The number of amides is 2. The van der Waals surface area contributed by atoms with E-state index >= 15 is 0 Å². The van der Waals surface area contributed by atoms with Crippen LogP contribution < -0.4 is 15.6 Å². The zero-order valence-corrected chi connectivity index (χ0v) is 17.0. The molecule has 2 N–H and O–H groups in total. The molecule has 0 saturated carbocycles. The van der Waals surface area contributed by atoms with Crippen molar-refractivity contribution in [2.75, 3.05) is 11.5 Å². The number of aryl methyl sites for hydroxylation is 2. The van der Waals surface area contributed by atoms with Gasteiger partial charge >= 0.3 is 0 Å². The fourth-order valence-corrected chi connectivity index (χ4v) is 5.00. The van der Waals surface area contributed by atoms with E-state index in [1.165, 1.54) is 0 Å². The lowest BCUT2D eigenvalue weighted by atomic mass is 10.1. The van der Waals surface area contributed by atoms with Gasteiger partial charge in [0.2, 0.25) is 5.91 Å². The Kier molecular flexibility index (Phi) is 6.21. The van der Waals surface area contributed by atoms with Crippen LogP contribution in [0.5, 0.6) is 5.75 Å². The van der Waals surface area contributed by atoms with Crippen molar-refractivity contribution in [1.29, 1.82) is 0 Å². The Balaban J connectivity index is 1.50. The fourth-order valence-electron chi connectivity index (χ4n) is 3.14. The smallest absolute Gasteiger partial charge is 0.269 e. The van der Waals surface area contributed by atoms with E-state index in [4.69, 9.17) is 9.26 Å². The van der Waals surface area contributed by atoms with Crippen molar-refractivity contribution < 1.29 is 27.3 Å². The largest absolute Gasteiger partial charge is 0.489 e. The molecule has 0 spiro atoms. The second-order valence-corrected chi connectivity index (χ2v) is 9.32. The number of hydrogen-bond donors (Lipinski definition) is 2. The van der Waals surface area contributed by atoms with Crippen LogP contribution in [0.15, 0.2) is 28.8 Å². The molecule has 1 aromatic carbocycles. The van der Waals surface area contributed by atoms with Crippen LogP contribution in [-0.4, -0.2) is 36.9 Å². The van der Waals surface area contributed by atoms with E-state index in [1.54, 1.807) is 31.2 Å². The van der Waals surface area contributed by atoms with Crippen molar-refractivity contribution in [2.45, 2.75) is 33.3 Å². The Bertz CT molecular complexity index is 995. The lowest BCUT2D eigenvalue weighted by molar-refractivity contribution is -0.122. The monoisotopic (exact) mass is 421 g/mol. The quantitative estimate of drug-likeness (QED) is 0.676. The molecule has 1 fully saturated rings. The highest BCUT2D eigenvalue weighted by atomic mass is 32.2. The molecule has 1 aromatic heterocycles. The molecule has 10 heteroatoms. The number of sulfone groups is 1. The Morgan fingerprint density at radius 1 is 1.28 bits per heavy atom. The Morgan fingerprint density at radius 3 is 2.72 bits per heavy atom. The van der Waals surface area contributed by atoms with Gasteiger partial charge in [-0.3, -0.25) is 20.4 Å². The van der Waals surface area contributed by atoms with E-state index in [-0.39, 0.29) is 30.5 Å². The van der Waals surface area contributed by atoms with Gasteiger partial charge in [-0.15, -0.1) is 0 Å². The normalized spacial score (nSPS) is 17.7. The van der Waals surface area contributed by atoms with Gasteiger partial charge in [0, 0.05) is 12.0 Å². The number of hydrogen-bond acceptors (Lipinski definition) is 7. The predicted octanol–water partition coefficient (Wildman–Crippen LogP) is 1.46. The van der Waals surface area contributed by atoms with Gasteiger partial charge in [0.05, 0.1) is 22.8 Å². The van der Waals surface area contributed by atoms with Gasteiger partial charge in [0.25, 0.3) is 5.91 Å². The molecule has 2 amide bonds. The summed E-state index contributed by atoms with van der Waals surface area (Å²) >= 11 is 0. The van der Waals surface area contributed by atoms with Crippen molar-refractivity contribution in [3.63, 3.8) is 0 Å². The van der Waals surface area contributed by atoms with Crippen LogP contribution >= 0.6 is 0 Å². The van der Waals surface area contributed by atoms with E-state index in [1.807, 2.05) is 6.92 Å². The van der Waals surface area contributed by atoms with E-state index in [9.17, 15) is 18.0 Å². The molecule has 1 saturated heterocycles. The molecular weight excluding hydrogens is 398 g/mol. The van der Waals surface area contributed by atoms with E-state index in [0.29, 0.717) is 23.5 Å². The van der Waals surface area contributed by atoms with Gasteiger partial charge in [0.15, 0.2) is 9.84 Å². The minimum absolute atomic E-state index is 0.0128. The maximum absolute atomic E-state index is 12.3. The number of carbonyl (C=O) groups is 2. The zero-order chi connectivity index (χ0) is 21.0. The predicted molar refractivity (Wildman–Crippen MR) is 104 cm³/mol. The molecule has 29 heavy (non-hydrogen) atoms. The summed E-state index contributed by atoms with van der Waals surface area (Å²) in [6, 6.07) is 6.54. The van der Waals surface area contributed by atoms with Crippen molar-refractivity contribution in [2.24, 2.45) is 5.92 Å². The molecule has 0 unspecified atom stereocenters. The summed E-state index contributed by atoms with van der Waals surface area (Å²) in [4.78, 5) is 24.2.